The van der Waals surface area contributed by atoms with Crippen molar-refractivity contribution in [1.82, 2.24) is 10.3 Å². The van der Waals surface area contributed by atoms with Crippen LogP contribution in [0.2, 0.25) is 0 Å². The summed E-state index contributed by atoms with van der Waals surface area (Å²) < 4.78 is 14.5. The summed E-state index contributed by atoms with van der Waals surface area (Å²) in [6.45, 7) is 0.320. The highest BCUT2D eigenvalue weighted by Gasteiger charge is 2.08. The van der Waals surface area contributed by atoms with Gasteiger partial charge in [-0.15, -0.1) is 0 Å². The molecule has 0 saturated heterocycles. The van der Waals surface area contributed by atoms with E-state index in [1.165, 1.54) is 6.07 Å². The van der Waals surface area contributed by atoms with Crippen LogP contribution >= 0.6 is 15.9 Å². The number of aromatic nitrogens is 1. The minimum atomic E-state index is -0.329. The van der Waals surface area contributed by atoms with Crippen molar-refractivity contribution in [2.75, 3.05) is 5.32 Å². The molecular weight excluding hydrogens is 437 g/mol. The molecule has 0 fully saturated rings. The fraction of sp³-hybridized carbons (Fsp3) is 0.136. The molecule has 0 atom stereocenters. The third-order valence-corrected chi connectivity index (χ3v) is 4.75. The molecule has 0 aliphatic heterocycles. The Labute approximate surface area is 176 Å². The second-order valence-electron chi connectivity index (χ2n) is 6.40. The SMILES string of the molecule is O=C(CCc1ccc(Br)cc1F)NCc1cccc(NC(=O)c2ccncc2)c1. The second-order valence-corrected chi connectivity index (χ2v) is 7.32. The Kier molecular flexibility index (Phi) is 7.08. The molecule has 0 unspecified atom stereocenters. The lowest BCUT2D eigenvalue weighted by atomic mass is 10.1. The van der Waals surface area contributed by atoms with Crippen molar-refractivity contribution in [1.29, 1.82) is 0 Å². The monoisotopic (exact) mass is 455 g/mol. The van der Waals surface area contributed by atoms with Crippen LogP contribution in [-0.4, -0.2) is 16.8 Å². The first-order valence-corrected chi connectivity index (χ1v) is 9.81. The molecule has 148 valence electrons. The highest BCUT2D eigenvalue weighted by atomic mass is 79.9. The smallest absolute Gasteiger partial charge is 0.255 e. The standard InChI is InChI=1S/C22H19BrFN3O2/c23-18-6-4-16(20(24)13-18)5-7-21(28)26-14-15-2-1-3-19(12-15)27-22(29)17-8-10-25-11-9-17/h1-4,6,8-13H,5,7,14H2,(H,26,28)(H,27,29). The number of rotatable bonds is 7. The van der Waals surface area contributed by atoms with Crippen molar-refractivity contribution >= 4 is 33.4 Å². The number of hydrogen-bond acceptors (Lipinski definition) is 3. The first kappa shape index (κ1) is 20.7. The highest BCUT2D eigenvalue weighted by Crippen LogP contribution is 2.17. The molecule has 0 radical (unpaired) electrons. The fourth-order valence-electron chi connectivity index (χ4n) is 2.73. The lowest BCUT2D eigenvalue weighted by molar-refractivity contribution is -0.121. The minimum Gasteiger partial charge on any atom is -0.352 e. The summed E-state index contributed by atoms with van der Waals surface area (Å²) in [7, 11) is 0. The number of halogens is 2. The Morgan fingerprint density at radius 3 is 2.59 bits per heavy atom. The molecule has 5 nitrogen and oxygen atoms in total. The van der Waals surface area contributed by atoms with Crippen LogP contribution in [-0.2, 0) is 17.8 Å². The Hall–Kier alpha value is -3.06. The molecule has 0 spiro atoms. The van der Waals surface area contributed by atoms with E-state index in [0.29, 0.717) is 34.3 Å². The van der Waals surface area contributed by atoms with Gasteiger partial charge in [-0.1, -0.05) is 34.1 Å². The van der Waals surface area contributed by atoms with Crippen LogP contribution in [0.3, 0.4) is 0 Å². The Bertz CT molecular complexity index is 1010. The van der Waals surface area contributed by atoms with Gasteiger partial charge in [0, 0.05) is 41.1 Å². The third kappa shape index (κ3) is 6.22. The van der Waals surface area contributed by atoms with Crippen molar-refractivity contribution in [2.45, 2.75) is 19.4 Å². The van der Waals surface area contributed by atoms with Gasteiger partial charge >= 0.3 is 0 Å². The summed E-state index contributed by atoms with van der Waals surface area (Å²) in [5.74, 6) is -0.728. The van der Waals surface area contributed by atoms with Crippen molar-refractivity contribution in [3.63, 3.8) is 0 Å². The van der Waals surface area contributed by atoms with E-state index in [-0.39, 0.29) is 24.1 Å². The number of carbonyl (C=O) groups is 2. The van der Waals surface area contributed by atoms with Gasteiger partial charge in [-0.05, 0) is 53.9 Å². The molecule has 1 aromatic heterocycles. The van der Waals surface area contributed by atoms with Gasteiger partial charge in [-0.2, -0.15) is 0 Å². The van der Waals surface area contributed by atoms with Crippen LogP contribution in [0.15, 0.2) is 71.5 Å². The molecule has 7 heteroatoms. The predicted octanol–water partition coefficient (Wildman–Crippen LogP) is 4.48. The predicted molar refractivity (Wildman–Crippen MR) is 113 cm³/mol. The Morgan fingerprint density at radius 2 is 1.83 bits per heavy atom. The maximum atomic E-state index is 13.8. The molecule has 0 bridgehead atoms. The number of anilines is 1. The largest absolute Gasteiger partial charge is 0.352 e. The van der Waals surface area contributed by atoms with Crippen LogP contribution in [0.4, 0.5) is 10.1 Å². The fourth-order valence-corrected chi connectivity index (χ4v) is 3.06. The number of amides is 2. The number of aryl methyl sites for hydroxylation is 1. The average molecular weight is 456 g/mol. The molecule has 2 N–H and O–H groups in total. The molecule has 3 rings (SSSR count). The van der Waals surface area contributed by atoms with Crippen molar-refractivity contribution < 1.29 is 14.0 Å². The van der Waals surface area contributed by atoms with Gasteiger partial charge in [0.05, 0.1) is 0 Å². The van der Waals surface area contributed by atoms with E-state index in [1.54, 1.807) is 54.9 Å². The number of nitrogens with one attached hydrogen (secondary N) is 2. The molecular formula is C22H19BrFN3O2. The molecule has 2 aromatic carbocycles. The molecule has 1 heterocycles. The highest BCUT2D eigenvalue weighted by molar-refractivity contribution is 9.10. The zero-order valence-corrected chi connectivity index (χ0v) is 17.1. The van der Waals surface area contributed by atoms with E-state index in [0.717, 1.165) is 5.56 Å². The van der Waals surface area contributed by atoms with Crippen molar-refractivity contribution in [2.24, 2.45) is 0 Å². The summed E-state index contributed by atoms with van der Waals surface area (Å²) >= 11 is 3.21. The van der Waals surface area contributed by atoms with Gasteiger partial charge in [0.15, 0.2) is 0 Å². The van der Waals surface area contributed by atoms with Crippen LogP contribution in [0.25, 0.3) is 0 Å². The number of carbonyl (C=O) groups excluding carboxylic acids is 2. The number of pyridine rings is 1. The minimum absolute atomic E-state index is 0.168. The topological polar surface area (TPSA) is 71.1 Å². The average Bonchev–Trinajstić information content (AvgIpc) is 2.72. The summed E-state index contributed by atoms with van der Waals surface area (Å²) in [6, 6.07) is 15.3. The van der Waals surface area contributed by atoms with Crippen molar-refractivity contribution in [3.8, 4) is 0 Å². The van der Waals surface area contributed by atoms with Gasteiger partial charge in [0.25, 0.3) is 5.91 Å². The molecule has 2 amide bonds. The Morgan fingerprint density at radius 1 is 1.03 bits per heavy atom. The second kappa shape index (κ2) is 9.93. The first-order chi connectivity index (χ1) is 14.0. The van der Waals surface area contributed by atoms with Crippen molar-refractivity contribution in [3.05, 3.63) is 94.0 Å². The van der Waals surface area contributed by atoms with E-state index in [9.17, 15) is 14.0 Å². The maximum Gasteiger partial charge on any atom is 0.255 e. The van der Waals surface area contributed by atoms with E-state index in [2.05, 4.69) is 31.5 Å². The van der Waals surface area contributed by atoms with Gasteiger partial charge in [0.2, 0.25) is 5.91 Å². The molecule has 0 aliphatic carbocycles. The van der Waals surface area contributed by atoms with E-state index >= 15 is 0 Å². The molecule has 3 aromatic rings. The zero-order chi connectivity index (χ0) is 20.6. The van der Waals surface area contributed by atoms with E-state index in [4.69, 9.17) is 0 Å². The van der Waals surface area contributed by atoms with Gasteiger partial charge in [-0.3, -0.25) is 14.6 Å². The third-order valence-electron chi connectivity index (χ3n) is 4.25. The van der Waals surface area contributed by atoms with Gasteiger partial charge in [-0.25, -0.2) is 4.39 Å². The quantitative estimate of drug-likeness (QED) is 0.551. The van der Waals surface area contributed by atoms with E-state index in [1.807, 2.05) is 6.07 Å². The number of nitrogens with zero attached hydrogens (tertiary/aromatic N) is 1. The lowest BCUT2D eigenvalue weighted by Crippen LogP contribution is -2.23. The van der Waals surface area contributed by atoms with Crippen LogP contribution < -0.4 is 10.6 Å². The molecule has 0 aliphatic rings. The number of benzene rings is 2. The summed E-state index contributed by atoms with van der Waals surface area (Å²) in [5, 5.41) is 5.64. The summed E-state index contributed by atoms with van der Waals surface area (Å²) in [6.07, 6.45) is 3.63. The lowest BCUT2D eigenvalue weighted by Gasteiger charge is -2.09. The maximum absolute atomic E-state index is 13.8. The van der Waals surface area contributed by atoms with Crippen LogP contribution in [0.1, 0.15) is 27.9 Å². The van der Waals surface area contributed by atoms with Gasteiger partial charge < -0.3 is 10.6 Å². The first-order valence-electron chi connectivity index (χ1n) is 9.02. The van der Waals surface area contributed by atoms with Crippen LogP contribution in [0, 0.1) is 5.82 Å². The molecule has 29 heavy (non-hydrogen) atoms. The number of hydrogen-bond donors (Lipinski definition) is 2. The summed E-state index contributed by atoms with van der Waals surface area (Å²) in [4.78, 5) is 28.2. The van der Waals surface area contributed by atoms with Crippen LogP contribution in [0.5, 0.6) is 0 Å². The van der Waals surface area contributed by atoms with Gasteiger partial charge in [0.1, 0.15) is 5.82 Å². The molecule has 0 saturated carbocycles. The van der Waals surface area contributed by atoms with E-state index < -0.39 is 0 Å². The summed E-state index contributed by atoms with van der Waals surface area (Å²) in [5.41, 5.74) is 2.50. The zero-order valence-electron chi connectivity index (χ0n) is 15.5. The Balaban J connectivity index is 1.51. The normalized spacial score (nSPS) is 10.4.